The molecule has 1 aliphatic heterocycles. The molecule has 0 aromatic heterocycles. The first kappa shape index (κ1) is 11.7. The number of carbonyl (C=O) groups excluding carboxylic acids is 1. The van der Waals surface area contributed by atoms with Crippen LogP contribution in [0.1, 0.15) is 47.5 Å². The van der Waals surface area contributed by atoms with E-state index in [1.165, 1.54) is 0 Å². The van der Waals surface area contributed by atoms with E-state index in [0.29, 0.717) is 6.42 Å². The van der Waals surface area contributed by atoms with Crippen LogP contribution in [0.4, 0.5) is 0 Å². The maximum Gasteiger partial charge on any atom is 0.167 e. The molecule has 1 rings (SSSR count). The van der Waals surface area contributed by atoms with Crippen molar-refractivity contribution in [3.8, 4) is 0 Å². The Morgan fingerprint density at radius 2 is 1.93 bits per heavy atom. The third-order valence-corrected chi connectivity index (χ3v) is 2.72. The predicted molar refractivity (Wildman–Crippen MR) is 54.0 cm³/mol. The lowest BCUT2D eigenvalue weighted by Gasteiger charge is -2.25. The lowest BCUT2D eigenvalue weighted by molar-refractivity contribution is -0.169. The Kier molecular flexibility index (Phi) is 3.02. The molecule has 0 N–H and O–H groups in total. The molecule has 2 atom stereocenters. The number of hydrogen-bond donors (Lipinski definition) is 0. The molecule has 0 amide bonds. The fraction of sp³-hybridized carbons (Fsp3) is 0.909. The highest BCUT2D eigenvalue weighted by Gasteiger charge is 2.51. The van der Waals surface area contributed by atoms with E-state index >= 15 is 0 Å². The number of rotatable bonds is 3. The van der Waals surface area contributed by atoms with Crippen LogP contribution in [0, 0.1) is 0 Å². The SMILES string of the molecule is CCCC(=O)[C@]1(C)OC(C)(C)O[C@H]1C. The van der Waals surface area contributed by atoms with Crippen LogP contribution in [-0.4, -0.2) is 23.3 Å². The molecule has 14 heavy (non-hydrogen) atoms. The van der Waals surface area contributed by atoms with Gasteiger partial charge >= 0.3 is 0 Å². The van der Waals surface area contributed by atoms with Crippen LogP contribution in [-0.2, 0) is 14.3 Å². The van der Waals surface area contributed by atoms with E-state index in [9.17, 15) is 4.79 Å². The van der Waals surface area contributed by atoms with Gasteiger partial charge in [-0.1, -0.05) is 6.92 Å². The minimum absolute atomic E-state index is 0.137. The summed E-state index contributed by atoms with van der Waals surface area (Å²) in [5, 5.41) is 0. The Hall–Kier alpha value is -0.410. The van der Waals surface area contributed by atoms with E-state index in [4.69, 9.17) is 9.47 Å². The maximum atomic E-state index is 11.9. The Bertz CT molecular complexity index is 235. The average molecular weight is 200 g/mol. The molecule has 0 unspecified atom stereocenters. The van der Waals surface area contributed by atoms with Crippen LogP contribution < -0.4 is 0 Å². The molecule has 0 aromatic rings. The summed E-state index contributed by atoms with van der Waals surface area (Å²) in [6, 6.07) is 0. The van der Waals surface area contributed by atoms with Crippen molar-refractivity contribution in [2.75, 3.05) is 0 Å². The summed E-state index contributed by atoms with van der Waals surface area (Å²) >= 11 is 0. The monoisotopic (exact) mass is 200 g/mol. The zero-order valence-electron chi connectivity index (χ0n) is 9.72. The zero-order chi connectivity index (χ0) is 11.0. The fourth-order valence-corrected chi connectivity index (χ4v) is 1.91. The third-order valence-electron chi connectivity index (χ3n) is 2.72. The Morgan fingerprint density at radius 3 is 2.29 bits per heavy atom. The second-order valence-electron chi connectivity index (χ2n) is 4.54. The first-order chi connectivity index (χ1) is 6.32. The normalized spacial score (nSPS) is 35.9. The molecule has 3 heteroatoms. The van der Waals surface area contributed by atoms with Crippen molar-refractivity contribution in [2.24, 2.45) is 0 Å². The predicted octanol–water partition coefficient (Wildman–Crippen LogP) is 2.29. The third kappa shape index (κ3) is 1.98. The van der Waals surface area contributed by atoms with Gasteiger partial charge in [0, 0.05) is 6.42 Å². The van der Waals surface area contributed by atoms with Crippen LogP contribution in [0.15, 0.2) is 0 Å². The molecule has 1 aliphatic rings. The highest BCUT2D eigenvalue weighted by molar-refractivity contribution is 5.87. The lowest BCUT2D eigenvalue weighted by Crippen LogP contribution is -2.43. The minimum Gasteiger partial charge on any atom is -0.344 e. The zero-order valence-corrected chi connectivity index (χ0v) is 9.72. The Morgan fingerprint density at radius 1 is 1.36 bits per heavy atom. The van der Waals surface area contributed by atoms with Crippen LogP contribution in [0.25, 0.3) is 0 Å². The molecule has 3 nitrogen and oxygen atoms in total. The lowest BCUT2D eigenvalue weighted by atomic mass is 9.92. The molecule has 1 fully saturated rings. The van der Waals surface area contributed by atoms with Crippen LogP contribution in [0.3, 0.4) is 0 Å². The van der Waals surface area contributed by atoms with E-state index in [-0.39, 0.29) is 11.9 Å². The van der Waals surface area contributed by atoms with Gasteiger partial charge in [0.05, 0.1) is 6.10 Å². The van der Waals surface area contributed by atoms with Crippen molar-refractivity contribution in [3.05, 3.63) is 0 Å². The van der Waals surface area contributed by atoms with E-state index in [0.717, 1.165) is 6.42 Å². The standard InChI is InChI=1S/C11H20O3/c1-6-7-9(12)11(5)8(2)13-10(3,4)14-11/h8H,6-7H2,1-5H3/t8-,11+/m0/s1. The molecular formula is C11H20O3. The van der Waals surface area contributed by atoms with Gasteiger partial charge in [0.2, 0.25) is 0 Å². The van der Waals surface area contributed by atoms with Crippen molar-refractivity contribution in [1.82, 2.24) is 0 Å². The van der Waals surface area contributed by atoms with Gasteiger partial charge in [-0.2, -0.15) is 0 Å². The van der Waals surface area contributed by atoms with Crippen LogP contribution >= 0.6 is 0 Å². The number of hydrogen-bond acceptors (Lipinski definition) is 3. The van der Waals surface area contributed by atoms with Crippen molar-refractivity contribution >= 4 is 5.78 Å². The van der Waals surface area contributed by atoms with Crippen LogP contribution in [0.5, 0.6) is 0 Å². The molecule has 0 aromatic carbocycles. The first-order valence-corrected chi connectivity index (χ1v) is 5.23. The molecule has 1 heterocycles. The molecule has 0 aliphatic carbocycles. The van der Waals surface area contributed by atoms with Gasteiger partial charge in [-0.25, -0.2) is 0 Å². The first-order valence-electron chi connectivity index (χ1n) is 5.23. The summed E-state index contributed by atoms with van der Waals surface area (Å²) in [7, 11) is 0. The Balaban J connectivity index is 2.80. The fourth-order valence-electron chi connectivity index (χ4n) is 1.91. The van der Waals surface area contributed by atoms with Gasteiger partial charge in [-0.15, -0.1) is 0 Å². The summed E-state index contributed by atoms with van der Waals surface area (Å²) in [4.78, 5) is 11.9. The van der Waals surface area contributed by atoms with E-state index in [2.05, 4.69) is 0 Å². The van der Waals surface area contributed by atoms with Gasteiger partial charge in [-0.05, 0) is 34.1 Å². The maximum absolute atomic E-state index is 11.9. The second kappa shape index (κ2) is 3.63. The number of ketones is 1. The second-order valence-corrected chi connectivity index (χ2v) is 4.54. The molecule has 0 bridgehead atoms. The minimum atomic E-state index is -0.764. The topological polar surface area (TPSA) is 35.5 Å². The molecular weight excluding hydrogens is 180 g/mol. The van der Waals surface area contributed by atoms with Crippen LogP contribution in [0.2, 0.25) is 0 Å². The number of ether oxygens (including phenoxy) is 2. The van der Waals surface area contributed by atoms with Crippen molar-refractivity contribution in [3.63, 3.8) is 0 Å². The summed E-state index contributed by atoms with van der Waals surface area (Å²) in [6.45, 7) is 9.39. The van der Waals surface area contributed by atoms with E-state index in [1.54, 1.807) is 0 Å². The van der Waals surface area contributed by atoms with Gasteiger partial charge in [0.15, 0.2) is 17.2 Å². The van der Waals surface area contributed by atoms with Crippen molar-refractivity contribution < 1.29 is 14.3 Å². The molecule has 1 saturated heterocycles. The van der Waals surface area contributed by atoms with E-state index in [1.807, 2.05) is 34.6 Å². The van der Waals surface area contributed by atoms with Crippen molar-refractivity contribution in [1.29, 1.82) is 0 Å². The largest absolute Gasteiger partial charge is 0.344 e. The van der Waals surface area contributed by atoms with Gasteiger partial charge in [0.1, 0.15) is 0 Å². The van der Waals surface area contributed by atoms with E-state index < -0.39 is 11.4 Å². The van der Waals surface area contributed by atoms with Gasteiger partial charge in [0.25, 0.3) is 0 Å². The summed E-state index contributed by atoms with van der Waals surface area (Å²) in [5.74, 6) is -0.504. The average Bonchev–Trinajstić information content (AvgIpc) is 2.22. The molecule has 0 radical (unpaired) electrons. The van der Waals surface area contributed by atoms with Gasteiger partial charge < -0.3 is 9.47 Å². The Labute approximate surface area is 85.8 Å². The molecule has 0 saturated carbocycles. The number of Topliss-reactive ketones (excluding diaryl/α,β-unsaturated/α-hetero) is 1. The number of carbonyl (C=O) groups is 1. The highest BCUT2D eigenvalue weighted by Crippen LogP contribution is 2.37. The summed E-state index contributed by atoms with van der Waals surface area (Å²) < 4.78 is 11.3. The summed E-state index contributed by atoms with van der Waals surface area (Å²) in [5.41, 5.74) is -0.764. The summed E-state index contributed by atoms with van der Waals surface area (Å²) in [6.07, 6.45) is 1.24. The molecule has 82 valence electrons. The van der Waals surface area contributed by atoms with Gasteiger partial charge in [-0.3, -0.25) is 4.79 Å². The quantitative estimate of drug-likeness (QED) is 0.701. The van der Waals surface area contributed by atoms with Crippen molar-refractivity contribution in [2.45, 2.75) is 65.0 Å². The molecule has 0 spiro atoms. The highest BCUT2D eigenvalue weighted by atomic mass is 16.8. The smallest absolute Gasteiger partial charge is 0.167 e.